The van der Waals surface area contributed by atoms with E-state index in [4.69, 9.17) is 9.26 Å². The molecule has 0 atom stereocenters. The third-order valence-electron chi connectivity index (χ3n) is 4.30. The Morgan fingerprint density at radius 3 is 2.54 bits per heavy atom. The van der Waals surface area contributed by atoms with Crippen molar-refractivity contribution in [1.29, 1.82) is 0 Å². The van der Waals surface area contributed by atoms with Crippen LogP contribution < -0.4 is 0 Å². The number of likely N-dealkylation sites (tertiary alicyclic amines) is 1. The van der Waals surface area contributed by atoms with E-state index in [1.54, 1.807) is 17.0 Å². The number of hydrogen-bond acceptors (Lipinski definition) is 5. The molecule has 1 saturated heterocycles. The standard InChI is InChI=1S/C19H24FN3O3/c1-19(2,3)25-18(24)23-10-8-13(9-11-23)12-16-21-17(22-26-16)14-4-6-15(20)7-5-14/h4-7,13H,8-12H2,1-3H3. The molecule has 1 aliphatic heterocycles. The van der Waals surface area contributed by atoms with Crippen LogP contribution in [0.25, 0.3) is 11.4 Å². The lowest BCUT2D eigenvalue weighted by atomic mass is 9.94. The minimum atomic E-state index is -0.478. The molecule has 0 spiro atoms. The molecule has 140 valence electrons. The molecule has 3 rings (SSSR count). The first-order valence-electron chi connectivity index (χ1n) is 8.86. The van der Waals surface area contributed by atoms with E-state index in [2.05, 4.69) is 10.1 Å². The van der Waals surface area contributed by atoms with Gasteiger partial charge in [-0.2, -0.15) is 4.98 Å². The summed E-state index contributed by atoms with van der Waals surface area (Å²) < 4.78 is 23.7. The van der Waals surface area contributed by atoms with Crippen molar-refractivity contribution < 1.29 is 18.4 Å². The average Bonchev–Trinajstić information content (AvgIpc) is 3.03. The topological polar surface area (TPSA) is 68.5 Å². The Hall–Kier alpha value is -2.44. The third-order valence-corrected chi connectivity index (χ3v) is 4.30. The summed E-state index contributed by atoms with van der Waals surface area (Å²) in [4.78, 5) is 18.2. The molecule has 0 aliphatic carbocycles. The quantitative estimate of drug-likeness (QED) is 0.824. The lowest BCUT2D eigenvalue weighted by Crippen LogP contribution is -2.42. The summed E-state index contributed by atoms with van der Waals surface area (Å²) in [6.07, 6.45) is 2.16. The normalized spacial score (nSPS) is 15.9. The number of piperidine rings is 1. The van der Waals surface area contributed by atoms with Crippen LogP contribution in [0.1, 0.15) is 39.5 Å². The number of rotatable bonds is 3. The number of hydrogen-bond donors (Lipinski definition) is 0. The highest BCUT2D eigenvalue weighted by atomic mass is 19.1. The molecule has 0 saturated carbocycles. The van der Waals surface area contributed by atoms with Crippen molar-refractivity contribution in [3.05, 3.63) is 36.0 Å². The Labute approximate surface area is 152 Å². The van der Waals surface area contributed by atoms with Gasteiger partial charge in [-0.05, 0) is 63.8 Å². The van der Waals surface area contributed by atoms with Crippen LogP contribution >= 0.6 is 0 Å². The molecular weight excluding hydrogens is 337 g/mol. The maximum absolute atomic E-state index is 13.0. The van der Waals surface area contributed by atoms with Crippen LogP contribution in [0, 0.1) is 11.7 Å². The molecule has 26 heavy (non-hydrogen) atoms. The molecule has 1 fully saturated rings. The van der Waals surface area contributed by atoms with Crippen LogP contribution in [-0.2, 0) is 11.2 Å². The molecule has 2 heterocycles. The number of benzene rings is 1. The second kappa shape index (κ2) is 7.43. The second-order valence-corrected chi connectivity index (χ2v) is 7.63. The summed E-state index contributed by atoms with van der Waals surface area (Å²) in [5.41, 5.74) is 0.246. The smallest absolute Gasteiger partial charge is 0.410 e. The molecule has 0 N–H and O–H groups in total. The Balaban J connectivity index is 1.52. The van der Waals surface area contributed by atoms with E-state index in [0.717, 1.165) is 18.4 Å². The van der Waals surface area contributed by atoms with E-state index < -0.39 is 5.60 Å². The van der Waals surface area contributed by atoms with Crippen molar-refractivity contribution in [3.63, 3.8) is 0 Å². The van der Waals surface area contributed by atoms with Crippen molar-refractivity contribution in [2.45, 2.75) is 45.6 Å². The van der Waals surface area contributed by atoms with E-state index in [1.807, 2.05) is 20.8 Å². The average molecular weight is 361 g/mol. The molecule has 2 aromatic rings. The van der Waals surface area contributed by atoms with Crippen LogP contribution in [-0.4, -0.2) is 39.8 Å². The first-order valence-corrected chi connectivity index (χ1v) is 8.86. The summed E-state index contributed by atoms with van der Waals surface area (Å²) in [6.45, 7) is 6.93. The van der Waals surface area contributed by atoms with Crippen LogP contribution in [0.3, 0.4) is 0 Å². The number of ether oxygens (including phenoxy) is 1. The van der Waals surface area contributed by atoms with E-state index in [1.165, 1.54) is 12.1 Å². The van der Waals surface area contributed by atoms with Gasteiger partial charge in [0.2, 0.25) is 11.7 Å². The number of aromatic nitrogens is 2. The molecule has 1 aliphatic rings. The minimum absolute atomic E-state index is 0.257. The van der Waals surface area contributed by atoms with Crippen LogP contribution in [0.15, 0.2) is 28.8 Å². The molecule has 0 unspecified atom stereocenters. The van der Waals surface area contributed by atoms with Gasteiger partial charge in [0.25, 0.3) is 0 Å². The van der Waals surface area contributed by atoms with Gasteiger partial charge >= 0.3 is 6.09 Å². The first-order chi connectivity index (χ1) is 12.3. The number of halogens is 1. The van der Waals surface area contributed by atoms with E-state index in [9.17, 15) is 9.18 Å². The van der Waals surface area contributed by atoms with Crippen molar-refractivity contribution in [2.24, 2.45) is 5.92 Å². The minimum Gasteiger partial charge on any atom is -0.444 e. The fraction of sp³-hybridized carbons (Fsp3) is 0.526. The number of amides is 1. The van der Waals surface area contributed by atoms with Crippen molar-refractivity contribution in [1.82, 2.24) is 15.0 Å². The highest BCUT2D eigenvalue weighted by Crippen LogP contribution is 2.24. The van der Waals surface area contributed by atoms with Gasteiger partial charge in [0.1, 0.15) is 11.4 Å². The largest absolute Gasteiger partial charge is 0.444 e. The molecule has 0 radical (unpaired) electrons. The van der Waals surface area contributed by atoms with Crippen molar-refractivity contribution in [2.75, 3.05) is 13.1 Å². The fourth-order valence-corrected chi connectivity index (χ4v) is 2.95. The van der Waals surface area contributed by atoms with Gasteiger partial charge in [0.15, 0.2) is 0 Å². The number of carbonyl (C=O) groups is 1. The van der Waals surface area contributed by atoms with E-state index in [0.29, 0.717) is 37.1 Å². The molecule has 7 heteroatoms. The van der Waals surface area contributed by atoms with Crippen molar-refractivity contribution in [3.8, 4) is 11.4 Å². The SMILES string of the molecule is CC(C)(C)OC(=O)N1CCC(Cc2nc(-c3ccc(F)cc3)no2)CC1. The summed E-state index contributed by atoms with van der Waals surface area (Å²) in [5, 5.41) is 3.97. The fourth-order valence-electron chi connectivity index (χ4n) is 2.95. The summed E-state index contributed by atoms with van der Waals surface area (Å²) >= 11 is 0. The number of nitrogens with zero attached hydrogens (tertiary/aromatic N) is 3. The maximum Gasteiger partial charge on any atom is 0.410 e. The monoisotopic (exact) mass is 361 g/mol. The van der Waals surface area contributed by atoms with E-state index >= 15 is 0 Å². The van der Waals surface area contributed by atoms with Gasteiger partial charge < -0.3 is 14.2 Å². The zero-order valence-electron chi connectivity index (χ0n) is 15.4. The first kappa shape index (κ1) is 18.4. The van der Waals surface area contributed by atoms with Crippen molar-refractivity contribution >= 4 is 6.09 Å². The van der Waals surface area contributed by atoms with Gasteiger partial charge in [-0.1, -0.05) is 5.16 Å². The Morgan fingerprint density at radius 1 is 1.27 bits per heavy atom. The molecule has 1 aromatic carbocycles. The van der Waals surface area contributed by atoms with E-state index in [-0.39, 0.29) is 11.9 Å². The molecule has 1 amide bonds. The predicted molar refractivity (Wildman–Crippen MR) is 93.9 cm³/mol. The Bertz CT molecular complexity index is 744. The zero-order valence-corrected chi connectivity index (χ0v) is 15.4. The highest BCUT2D eigenvalue weighted by molar-refractivity contribution is 5.68. The maximum atomic E-state index is 13.0. The molecule has 1 aromatic heterocycles. The molecular formula is C19H24FN3O3. The molecule has 0 bridgehead atoms. The summed E-state index contributed by atoms with van der Waals surface area (Å²) in [5.74, 6) is 1.12. The van der Waals surface area contributed by atoms with Gasteiger partial charge in [-0.15, -0.1) is 0 Å². The highest BCUT2D eigenvalue weighted by Gasteiger charge is 2.27. The van der Waals surface area contributed by atoms with Crippen LogP contribution in [0.4, 0.5) is 9.18 Å². The predicted octanol–water partition coefficient (Wildman–Crippen LogP) is 4.07. The molecule has 6 nitrogen and oxygen atoms in total. The van der Waals surface area contributed by atoms with Gasteiger partial charge in [-0.25, -0.2) is 9.18 Å². The van der Waals surface area contributed by atoms with Crippen LogP contribution in [0.5, 0.6) is 0 Å². The lowest BCUT2D eigenvalue weighted by Gasteiger charge is -2.33. The van der Waals surface area contributed by atoms with Crippen LogP contribution in [0.2, 0.25) is 0 Å². The Morgan fingerprint density at radius 2 is 1.92 bits per heavy atom. The third kappa shape index (κ3) is 4.80. The number of carbonyl (C=O) groups excluding carboxylic acids is 1. The lowest BCUT2D eigenvalue weighted by molar-refractivity contribution is 0.0182. The van der Waals surface area contributed by atoms with Gasteiger partial charge in [0, 0.05) is 25.1 Å². The summed E-state index contributed by atoms with van der Waals surface area (Å²) in [6, 6.07) is 6.00. The zero-order chi connectivity index (χ0) is 18.7. The second-order valence-electron chi connectivity index (χ2n) is 7.63. The summed E-state index contributed by atoms with van der Waals surface area (Å²) in [7, 11) is 0. The van der Waals surface area contributed by atoms with Gasteiger partial charge in [0.05, 0.1) is 0 Å². The van der Waals surface area contributed by atoms with Gasteiger partial charge in [-0.3, -0.25) is 0 Å². The Kier molecular flexibility index (Phi) is 5.25.